The summed E-state index contributed by atoms with van der Waals surface area (Å²) in [4.78, 5) is 38.8. The van der Waals surface area contributed by atoms with E-state index in [1.165, 1.54) is 14.2 Å². The van der Waals surface area contributed by atoms with Crippen LogP contribution < -0.4 is 0 Å². The van der Waals surface area contributed by atoms with Crippen molar-refractivity contribution in [2.24, 2.45) is 0 Å². The second-order valence-electron chi connectivity index (χ2n) is 5.23. The number of benzene rings is 1. The molecule has 2 bridgehead atoms. The normalized spacial score (nSPS) is 23.3. The Hall–Kier alpha value is -2.47. The number of hydrogen-bond acceptors (Lipinski definition) is 6. The van der Waals surface area contributed by atoms with Gasteiger partial charge < -0.3 is 9.47 Å². The van der Waals surface area contributed by atoms with E-state index in [0.717, 1.165) is 0 Å². The van der Waals surface area contributed by atoms with Crippen molar-refractivity contribution in [1.29, 1.82) is 0 Å². The number of methoxy groups -OCH3 is 2. The van der Waals surface area contributed by atoms with Gasteiger partial charge in [0, 0.05) is 5.56 Å². The zero-order valence-corrected chi connectivity index (χ0v) is 12.5. The summed E-state index contributed by atoms with van der Waals surface area (Å²) in [6.07, 6.45) is 0. The SMILES string of the molecule is COC(=O)C1=C(C(=O)OC)[C@H]2c3ccccc3C(=O)[C@@H]1N2C. The van der Waals surface area contributed by atoms with Crippen molar-refractivity contribution in [2.45, 2.75) is 12.1 Å². The summed E-state index contributed by atoms with van der Waals surface area (Å²) in [5.74, 6) is -1.51. The standard InChI is InChI=1S/C16H15NO5/c1-17-12-8-6-4-5-7-9(8)14(18)13(17)11(16(20)22-3)10(12)15(19)21-2/h4-7,12-13H,1-3H3/t12-,13-/m1/s1. The van der Waals surface area contributed by atoms with Crippen molar-refractivity contribution in [3.05, 3.63) is 46.5 Å². The molecule has 6 nitrogen and oxygen atoms in total. The van der Waals surface area contributed by atoms with Gasteiger partial charge in [-0.05, 0) is 12.6 Å². The van der Waals surface area contributed by atoms with Crippen LogP contribution in [0.25, 0.3) is 0 Å². The van der Waals surface area contributed by atoms with Gasteiger partial charge in [0.15, 0.2) is 5.78 Å². The molecule has 2 aliphatic heterocycles. The fraction of sp³-hybridized carbons (Fsp3) is 0.312. The molecule has 1 aromatic carbocycles. The number of esters is 2. The molecule has 0 fully saturated rings. The first-order valence-corrected chi connectivity index (χ1v) is 6.78. The van der Waals surface area contributed by atoms with E-state index in [9.17, 15) is 14.4 Å². The van der Waals surface area contributed by atoms with E-state index in [4.69, 9.17) is 9.47 Å². The summed E-state index contributed by atoms with van der Waals surface area (Å²) in [6, 6.07) is 5.75. The predicted octanol–water partition coefficient (Wildman–Crippen LogP) is 0.881. The number of rotatable bonds is 2. The van der Waals surface area contributed by atoms with E-state index >= 15 is 0 Å². The molecule has 0 amide bonds. The summed E-state index contributed by atoms with van der Waals surface area (Å²) in [5.41, 5.74) is 1.48. The van der Waals surface area contributed by atoms with Crippen LogP contribution in [0.5, 0.6) is 0 Å². The number of hydrogen-bond donors (Lipinski definition) is 0. The molecule has 6 heteroatoms. The molecular formula is C16H15NO5. The van der Waals surface area contributed by atoms with Crippen LogP contribution in [0.4, 0.5) is 0 Å². The molecule has 22 heavy (non-hydrogen) atoms. The highest BCUT2D eigenvalue weighted by Crippen LogP contribution is 2.46. The fourth-order valence-electron chi connectivity index (χ4n) is 3.31. The minimum absolute atomic E-state index is 0.0723. The zero-order valence-electron chi connectivity index (χ0n) is 12.5. The van der Waals surface area contributed by atoms with Gasteiger partial charge in [-0.2, -0.15) is 0 Å². The first-order valence-electron chi connectivity index (χ1n) is 6.78. The van der Waals surface area contributed by atoms with Crippen molar-refractivity contribution >= 4 is 17.7 Å². The number of ether oxygens (including phenoxy) is 2. The summed E-state index contributed by atoms with van der Waals surface area (Å²) in [5, 5.41) is 0. The molecule has 3 rings (SSSR count). The maximum atomic E-state index is 12.7. The maximum Gasteiger partial charge on any atom is 0.336 e. The van der Waals surface area contributed by atoms with E-state index in [2.05, 4.69) is 0 Å². The molecule has 0 radical (unpaired) electrons. The van der Waals surface area contributed by atoms with Crippen LogP contribution in [-0.2, 0) is 19.1 Å². The largest absolute Gasteiger partial charge is 0.466 e. The highest BCUT2D eigenvalue weighted by molar-refractivity contribution is 6.15. The third-order valence-electron chi connectivity index (χ3n) is 4.23. The van der Waals surface area contributed by atoms with Crippen molar-refractivity contribution in [3.8, 4) is 0 Å². The van der Waals surface area contributed by atoms with Gasteiger partial charge in [-0.25, -0.2) is 9.59 Å². The number of carbonyl (C=O) groups excluding carboxylic acids is 3. The summed E-state index contributed by atoms with van der Waals surface area (Å²) in [6.45, 7) is 0. The van der Waals surface area contributed by atoms with Gasteiger partial charge in [-0.3, -0.25) is 9.69 Å². The fourth-order valence-corrected chi connectivity index (χ4v) is 3.31. The summed E-state index contributed by atoms with van der Waals surface area (Å²) >= 11 is 0. The lowest BCUT2D eigenvalue weighted by Gasteiger charge is -2.33. The van der Waals surface area contributed by atoms with Crippen LogP contribution >= 0.6 is 0 Å². The molecule has 2 heterocycles. The van der Waals surface area contributed by atoms with Gasteiger partial charge in [0.05, 0.1) is 31.4 Å². The van der Waals surface area contributed by atoms with Gasteiger partial charge in [-0.15, -0.1) is 0 Å². The third kappa shape index (κ3) is 1.74. The number of Topliss-reactive ketones (excluding diaryl/α,β-unsaturated/α-hetero) is 1. The lowest BCUT2D eigenvalue weighted by atomic mass is 9.90. The van der Waals surface area contributed by atoms with Crippen LogP contribution in [0.15, 0.2) is 35.4 Å². The maximum absolute atomic E-state index is 12.7. The zero-order chi connectivity index (χ0) is 16.0. The number of nitrogens with zero attached hydrogens (tertiary/aromatic N) is 1. The van der Waals surface area contributed by atoms with Crippen LogP contribution in [0.3, 0.4) is 0 Å². The van der Waals surface area contributed by atoms with E-state index < -0.39 is 24.0 Å². The lowest BCUT2D eigenvalue weighted by Crippen LogP contribution is -2.43. The molecule has 114 valence electrons. The Labute approximate surface area is 127 Å². The van der Waals surface area contributed by atoms with Gasteiger partial charge in [-0.1, -0.05) is 24.3 Å². The first-order chi connectivity index (χ1) is 10.5. The molecule has 0 unspecified atom stereocenters. The monoisotopic (exact) mass is 301 g/mol. The van der Waals surface area contributed by atoms with Crippen molar-refractivity contribution < 1.29 is 23.9 Å². The Morgan fingerprint density at radius 1 is 1.00 bits per heavy atom. The Kier molecular flexibility index (Phi) is 3.33. The van der Waals surface area contributed by atoms with Gasteiger partial charge in [0.1, 0.15) is 6.04 Å². The van der Waals surface area contributed by atoms with E-state index in [1.807, 2.05) is 0 Å². The van der Waals surface area contributed by atoms with Crippen LogP contribution in [0, 0.1) is 0 Å². The minimum atomic E-state index is -0.818. The molecule has 0 N–H and O–H groups in total. The molecule has 0 spiro atoms. The quantitative estimate of drug-likeness (QED) is 0.755. The Bertz CT molecular complexity index is 721. The highest BCUT2D eigenvalue weighted by Gasteiger charge is 2.53. The summed E-state index contributed by atoms with van der Waals surface area (Å²) in [7, 11) is 4.19. The summed E-state index contributed by atoms with van der Waals surface area (Å²) < 4.78 is 9.60. The molecule has 0 aromatic heterocycles. The van der Waals surface area contributed by atoms with Crippen molar-refractivity contribution in [2.75, 3.05) is 21.3 Å². The lowest BCUT2D eigenvalue weighted by molar-refractivity contribution is -0.139. The molecule has 0 saturated carbocycles. The smallest absolute Gasteiger partial charge is 0.336 e. The minimum Gasteiger partial charge on any atom is -0.466 e. The molecule has 2 aliphatic rings. The molecular weight excluding hydrogens is 286 g/mol. The average Bonchev–Trinajstić information content (AvgIpc) is 2.78. The van der Waals surface area contributed by atoms with Gasteiger partial charge in [0.25, 0.3) is 0 Å². The predicted molar refractivity (Wildman–Crippen MR) is 76.1 cm³/mol. The van der Waals surface area contributed by atoms with Gasteiger partial charge >= 0.3 is 11.9 Å². The Morgan fingerprint density at radius 2 is 1.55 bits per heavy atom. The Balaban J connectivity index is 2.29. The molecule has 0 aliphatic carbocycles. The van der Waals surface area contributed by atoms with E-state index in [1.54, 1.807) is 36.2 Å². The molecule has 0 saturated heterocycles. The Morgan fingerprint density at radius 3 is 2.14 bits per heavy atom. The number of carbonyl (C=O) groups is 3. The van der Waals surface area contributed by atoms with E-state index in [-0.39, 0.29) is 16.9 Å². The van der Waals surface area contributed by atoms with Crippen LogP contribution in [0.2, 0.25) is 0 Å². The van der Waals surface area contributed by atoms with Crippen molar-refractivity contribution in [3.63, 3.8) is 0 Å². The third-order valence-corrected chi connectivity index (χ3v) is 4.23. The first kappa shape index (κ1) is 14.5. The van der Waals surface area contributed by atoms with Crippen LogP contribution in [0.1, 0.15) is 22.0 Å². The van der Waals surface area contributed by atoms with E-state index in [0.29, 0.717) is 11.1 Å². The van der Waals surface area contributed by atoms with Crippen molar-refractivity contribution in [1.82, 2.24) is 4.90 Å². The van der Waals surface area contributed by atoms with Crippen LogP contribution in [-0.4, -0.2) is 49.9 Å². The number of likely N-dealkylation sites (N-methyl/N-ethyl adjacent to an activating group) is 1. The number of ketones is 1. The number of fused-ring (bicyclic) bond motifs is 4. The second-order valence-corrected chi connectivity index (χ2v) is 5.23. The molecule has 2 atom stereocenters. The van der Waals surface area contributed by atoms with Gasteiger partial charge in [0.2, 0.25) is 0 Å². The average molecular weight is 301 g/mol. The molecule has 1 aromatic rings. The highest BCUT2D eigenvalue weighted by atomic mass is 16.5. The second kappa shape index (κ2) is 5.06. The topological polar surface area (TPSA) is 72.9 Å².